The Hall–Kier alpha value is -4.77. The van der Waals surface area contributed by atoms with Crippen LogP contribution in [0.4, 0.5) is 5.69 Å². The van der Waals surface area contributed by atoms with Crippen molar-refractivity contribution in [2.75, 3.05) is 11.9 Å². The van der Waals surface area contributed by atoms with E-state index in [0.717, 1.165) is 4.47 Å². The first-order valence-electron chi connectivity index (χ1n) is 11.7. The largest absolute Gasteiger partial charge is 0.465 e. The molecule has 0 spiro atoms. The van der Waals surface area contributed by atoms with Gasteiger partial charge in [0, 0.05) is 26.9 Å². The van der Waals surface area contributed by atoms with Gasteiger partial charge in [0.2, 0.25) is 5.78 Å². The Morgan fingerprint density at radius 1 is 0.923 bits per heavy atom. The van der Waals surface area contributed by atoms with Gasteiger partial charge in [0.15, 0.2) is 17.5 Å². The number of ether oxygens (including phenoxy) is 1. The molecule has 4 aromatic rings. The molecule has 1 aliphatic carbocycles. The molecule has 2 N–H and O–H groups in total. The van der Waals surface area contributed by atoms with Crippen LogP contribution >= 0.6 is 15.9 Å². The molecule has 1 aliphatic rings. The van der Waals surface area contributed by atoms with Gasteiger partial charge in [-0.05, 0) is 43.3 Å². The Morgan fingerprint density at radius 2 is 1.59 bits per heavy atom. The second kappa shape index (κ2) is 10.2. The normalized spacial score (nSPS) is 12.9. The predicted molar refractivity (Wildman–Crippen MR) is 143 cm³/mol. The van der Waals surface area contributed by atoms with E-state index < -0.39 is 46.4 Å². The summed E-state index contributed by atoms with van der Waals surface area (Å²) in [7, 11) is 0. The number of fused-ring (bicyclic) bond motifs is 4. The molecule has 11 heteroatoms. The van der Waals surface area contributed by atoms with Crippen LogP contribution in [0, 0.1) is 0 Å². The second-order valence-corrected chi connectivity index (χ2v) is 9.46. The number of nitrogens with one attached hydrogen (secondary N) is 2. The molecular formula is C28H18BrN3O7. The lowest BCUT2D eigenvalue weighted by atomic mass is 9.83. The highest BCUT2D eigenvalue weighted by molar-refractivity contribution is 9.10. The summed E-state index contributed by atoms with van der Waals surface area (Å²) in [5, 5.41) is 2.39. The summed E-state index contributed by atoms with van der Waals surface area (Å²) in [6.07, 6.45) is 0. The summed E-state index contributed by atoms with van der Waals surface area (Å²) in [4.78, 5) is 85.0. The summed E-state index contributed by atoms with van der Waals surface area (Å²) < 4.78 is 5.73. The minimum atomic E-state index is -1.97. The van der Waals surface area contributed by atoms with Crippen LogP contribution in [0.5, 0.6) is 0 Å². The van der Waals surface area contributed by atoms with E-state index in [2.05, 4.69) is 31.2 Å². The van der Waals surface area contributed by atoms with E-state index in [0.29, 0.717) is 0 Å². The van der Waals surface area contributed by atoms with Gasteiger partial charge in [-0.1, -0.05) is 40.2 Å². The number of carbonyl (C=O) groups excluding carboxylic acids is 5. The van der Waals surface area contributed by atoms with Crippen molar-refractivity contribution >= 4 is 61.9 Å². The lowest BCUT2D eigenvalue weighted by molar-refractivity contribution is -0.150. The van der Waals surface area contributed by atoms with E-state index >= 15 is 0 Å². The van der Waals surface area contributed by atoms with E-state index in [-0.39, 0.29) is 45.6 Å². The zero-order valence-electron chi connectivity index (χ0n) is 20.2. The van der Waals surface area contributed by atoms with Gasteiger partial charge in [-0.15, -0.1) is 0 Å². The standard InChI is InChI=1S/C28H18BrN3O7/c1-2-39-28(38)20(25(35)27(37)30-14-9-7-13(29)8-10-14)22-26(36)32-21-18(31-22)12-11-17-19(21)24(34)16-6-4-3-5-15(16)23(17)33/h3-12,20H,2H2,1H3,(H,30,37)(H,32,36)/t20-/m0/s1. The molecule has 10 nitrogen and oxygen atoms in total. The number of aromatic amines is 1. The van der Waals surface area contributed by atoms with Crippen molar-refractivity contribution in [3.63, 3.8) is 0 Å². The smallest absolute Gasteiger partial charge is 0.323 e. The summed E-state index contributed by atoms with van der Waals surface area (Å²) in [6, 6.07) is 15.5. The highest BCUT2D eigenvalue weighted by Gasteiger charge is 2.39. The van der Waals surface area contributed by atoms with Crippen molar-refractivity contribution in [2.24, 2.45) is 0 Å². The molecule has 3 aromatic carbocycles. The van der Waals surface area contributed by atoms with E-state index in [1.165, 1.54) is 37.3 Å². The summed E-state index contributed by atoms with van der Waals surface area (Å²) in [6.45, 7) is 1.39. The molecular weight excluding hydrogens is 570 g/mol. The molecule has 5 rings (SSSR count). The monoisotopic (exact) mass is 587 g/mol. The first kappa shape index (κ1) is 25.9. The topological polar surface area (TPSA) is 152 Å². The third-order valence-electron chi connectivity index (χ3n) is 6.17. The molecule has 0 aliphatic heterocycles. The van der Waals surface area contributed by atoms with Crippen LogP contribution in [0.3, 0.4) is 0 Å². The molecule has 0 fully saturated rings. The zero-order chi connectivity index (χ0) is 27.8. The Labute approximate surface area is 228 Å². The highest BCUT2D eigenvalue weighted by atomic mass is 79.9. The Morgan fingerprint density at radius 3 is 2.26 bits per heavy atom. The van der Waals surface area contributed by atoms with E-state index in [4.69, 9.17) is 4.74 Å². The number of esters is 1. The van der Waals surface area contributed by atoms with Gasteiger partial charge in [-0.25, -0.2) is 4.98 Å². The molecule has 39 heavy (non-hydrogen) atoms. The van der Waals surface area contributed by atoms with Crippen molar-refractivity contribution < 1.29 is 28.7 Å². The van der Waals surface area contributed by atoms with Crippen molar-refractivity contribution in [1.82, 2.24) is 9.97 Å². The van der Waals surface area contributed by atoms with Gasteiger partial charge in [-0.2, -0.15) is 0 Å². The molecule has 194 valence electrons. The van der Waals surface area contributed by atoms with Gasteiger partial charge in [-0.3, -0.25) is 28.8 Å². The average molecular weight is 588 g/mol. The van der Waals surface area contributed by atoms with Crippen LogP contribution in [0.15, 0.2) is 69.9 Å². The fourth-order valence-electron chi connectivity index (χ4n) is 4.37. The molecule has 0 saturated carbocycles. The van der Waals surface area contributed by atoms with Crippen molar-refractivity contribution in [3.8, 4) is 0 Å². The Bertz CT molecular complexity index is 1780. The van der Waals surface area contributed by atoms with E-state index in [1.807, 2.05) is 0 Å². The van der Waals surface area contributed by atoms with Crippen LogP contribution in [0.1, 0.15) is 50.4 Å². The maximum absolute atomic E-state index is 13.3. The van der Waals surface area contributed by atoms with Gasteiger partial charge in [0.1, 0.15) is 5.69 Å². The number of H-pyrrole nitrogens is 1. The summed E-state index contributed by atoms with van der Waals surface area (Å²) >= 11 is 3.27. The van der Waals surface area contributed by atoms with Gasteiger partial charge < -0.3 is 15.0 Å². The van der Waals surface area contributed by atoms with Crippen LogP contribution in [-0.4, -0.2) is 45.8 Å². The average Bonchev–Trinajstić information content (AvgIpc) is 2.93. The second-order valence-electron chi connectivity index (χ2n) is 8.55. The van der Waals surface area contributed by atoms with Gasteiger partial charge in [0.05, 0.1) is 23.2 Å². The molecule has 0 bridgehead atoms. The number of hydrogen-bond donors (Lipinski definition) is 2. The van der Waals surface area contributed by atoms with E-state index in [1.54, 1.807) is 30.3 Å². The summed E-state index contributed by atoms with van der Waals surface area (Å²) in [5.41, 5.74) is -0.799. The number of rotatable bonds is 6. The number of benzene rings is 3. The van der Waals surface area contributed by atoms with Crippen LogP contribution < -0.4 is 10.9 Å². The number of nitrogens with zero attached hydrogens (tertiary/aromatic N) is 1. The number of halogens is 1. The molecule has 1 aromatic heterocycles. The predicted octanol–water partition coefficient (Wildman–Crippen LogP) is 3.32. The highest BCUT2D eigenvalue weighted by Crippen LogP contribution is 2.31. The number of ketones is 3. The molecule has 0 saturated heterocycles. The number of hydrogen-bond acceptors (Lipinski definition) is 8. The molecule has 1 heterocycles. The molecule has 0 radical (unpaired) electrons. The first-order chi connectivity index (χ1) is 18.7. The molecule has 0 unspecified atom stereocenters. The van der Waals surface area contributed by atoms with E-state index in [9.17, 15) is 28.8 Å². The van der Waals surface area contributed by atoms with Crippen molar-refractivity contribution in [3.05, 3.63) is 103 Å². The lowest BCUT2D eigenvalue weighted by Crippen LogP contribution is -2.37. The third kappa shape index (κ3) is 4.57. The van der Waals surface area contributed by atoms with Crippen LogP contribution in [0.2, 0.25) is 0 Å². The minimum absolute atomic E-state index is 0.0246. The number of aromatic nitrogens is 2. The number of Topliss-reactive ketones (excluding diaryl/α,β-unsaturated/α-hetero) is 1. The van der Waals surface area contributed by atoms with Gasteiger partial charge >= 0.3 is 5.97 Å². The Balaban J connectivity index is 1.59. The maximum atomic E-state index is 13.3. The quantitative estimate of drug-likeness (QED) is 0.174. The minimum Gasteiger partial charge on any atom is -0.465 e. The first-order valence-corrected chi connectivity index (χ1v) is 12.5. The number of anilines is 1. The Kier molecular flexibility index (Phi) is 6.75. The SMILES string of the molecule is CCOC(=O)[C@H](C(=O)C(=O)Nc1ccc(Br)cc1)c1nc2ccc3c(c2[nH]c1=O)C(=O)c1ccccc1C3=O. The molecule has 1 amide bonds. The molecule has 1 atom stereocenters. The summed E-state index contributed by atoms with van der Waals surface area (Å²) in [5.74, 6) is -6.39. The third-order valence-corrected chi connectivity index (χ3v) is 6.70. The van der Waals surface area contributed by atoms with Crippen LogP contribution in [-0.2, 0) is 19.1 Å². The number of amides is 1. The fraction of sp³-hybridized carbons (Fsp3) is 0.107. The fourth-order valence-corrected chi connectivity index (χ4v) is 4.64. The van der Waals surface area contributed by atoms with Crippen molar-refractivity contribution in [2.45, 2.75) is 12.8 Å². The van der Waals surface area contributed by atoms with Crippen LogP contribution in [0.25, 0.3) is 11.0 Å². The maximum Gasteiger partial charge on any atom is 0.323 e. The zero-order valence-corrected chi connectivity index (χ0v) is 21.8. The van der Waals surface area contributed by atoms with Crippen molar-refractivity contribution in [1.29, 1.82) is 0 Å². The van der Waals surface area contributed by atoms with Gasteiger partial charge in [0.25, 0.3) is 11.5 Å². The number of carbonyl (C=O) groups is 5. The lowest BCUT2D eigenvalue weighted by Gasteiger charge is -2.19.